The van der Waals surface area contributed by atoms with Crippen LogP contribution < -0.4 is 5.32 Å². The summed E-state index contributed by atoms with van der Waals surface area (Å²) in [6.07, 6.45) is 0. The van der Waals surface area contributed by atoms with Crippen LogP contribution in [0.15, 0.2) is 42.5 Å². The van der Waals surface area contributed by atoms with Crippen molar-refractivity contribution in [2.45, 2.75) is 0 Å². The Morgan fingerprint density at radius 3 is 2.44 bits per heavy atom. The van der Waals surface area contributed by atoms with Crippen LogP contribution >= 0.6 is 22.6 Å². The van der Waals surface area contributed by atoms with Gasteiger partial charge in [-0.25, -0.2) is 8.78 Å². The van der Waals surface area contributed by atoms with Crippen LogP contribution in [0.25, 0.3) is 0 Å². The van der Waals surface area contributed by atoms with E-state index in [1.807, 2.05) is 28.7 Å². The third kappa shape index (κ3) is 2.84. The van der Waals surface area contributed by atoms with Crippen LogP contribution in [0.3, 0.4) is 0 Å². The van der Waals surface area contributed by atoms with Crippen LogP contribution in [-0.4, -0.2) is 5.91 Å². The number of carbonyl (C=O) groups is 1. The molecule has 0 aliphatic carbocycles. The number of benzene rings is 2. The lowest BCUT2D eigenvalue weighted by molar-refractivity contribution is 0.102. The highest BCUT2D eigenvalue weighted by Crippen LogP contribution is 2.16. The third-order valence-electron chi connectivity index (χ3n) is 2.30. The molecule has 0 fully saturated rings. The average Bonchev–Trinajstić information content (AvgIpc) is 2.34. The van der Waals surface area contributed by atoms with Crippen molar-refractivity contribution in [3.63, 3.8) is 0 Å². The summed E-state index contributed by atoms with van der Waals surface area (Å²) in [5, 5.41) is 2.52. The van der Waals surface area contributed by atoms with E-state index in [9.17, 15) is 13.6 Å². The zero-order valence-electron chi connectivity index (χ0n) is 9.08. The second-order valence-corrected chi connectivity index (χ2v) is 4.73. The molecule has 2 aromatic rings. The van der Waals surface area contributed by atoms with Crippen molar-refractivity contribution in [2.24, 2.45) is 0 Å². The summed E-state index contributed by atoms with van der Waals surface area (Å²) < 4.78 is 26.5. The van der Waals surface area contributed by atoms with Crippen molar-refractivity contribution in [3.8, 4) is 0 Å². The van der Waals surface area contributed by atoms with E-state index in [2.05, 4.69) is 5.32 Å². The maximum atomic E-state index is 13.0. The van der Waals surface area contributed by atoms with Crippen LogP contribution in [-0.2, 0) is 0 Å². The fraction of sp³-hybridized carbons (Fsp3) is 0. The molecular weight excluding hydrogens is 351 g/mol. The van der Waals surface area contributed by atoms with Gasteiger partial charge in [-0.2, -0.15) is 0 Å². The molecule has 0 saturated carbocycles. The van der Waals surface area contributed by atoms with E-state index in [0.717, 1.165) is 15.7 Å². The van der Waals surface area contributed by atoms with Crippen molar-refractivity contribution in [1.82, 2.24) is 0 Å². The SMILES string of the molecule is O=C(Nc1ccc(F)c(F)c1)c1ccccc1I. The maximum absolute atomic E-state index is 13.0. The first-order valence-electron chi connectivity index (χ1n) is 5.09. The van der Waals surface area contributed by atoms with Crippen LogP contribution in [0, 0.1) is 15.2 Å². The fourth-order valence-electron chi connectivity index (χ4n) is 1.42. The smallest absolute Gasteiger partial charge is 0.256 e. The Hall–Kier alpha value is -1.50. The summed E-state index contributed by atoms with van der Waals surface area (Å²) in [6.45, 7) is 0. The average molecular weight is 359 g/mol. The topological polar surface area (TPSA) is 29.1 Å². The number of carbonyl (C=O) groups excluding carboxylic acids is 1. The Morgan fingerprint density at radius 1 is 1.06 bits per heavy atom. The summed E-state index contributed by atoms with van der Waals surface area (Å²) >= 11 is 2.04. The second-order valence-electron chi connectivity index (χ2n) is 3.56. The molecule has 1 amide bonds. The largest absolute Gasteiger partial charge is 0.322 e. The molecular formula is C13H8F2INO. The molecule has 0 saturated heterocycles. The Kier molecular flexibility index (Phi) is 3.90. The first-order chi connectivity index (χ1) is 8.58. The molecule has 0 unspecified atom stereocenters. The standard InChI is InChI=1S/C13H8F2INO/c14-10-6-5-8(7-11(10)15)17-13(18)9-3-1-2-4-12(9)16/h1-7H,(H,17,18). The molecule has 0 spiro atoms. The molecule has 2 rings (SSSR count). The molecule has 0 atom stereocenters. The van der Waals surface area contributed by atoms with Crippen molar-refractivity contribution < 1.29 is 13.6 Å². The van der Waals surface area contributed by atoms with E-state index in [4.69, 9.17) is 0 Å². The highest BCUT2D eigenvalue weighted by atomic mass is 127. The van der Waals surface area contributed by atoms with Crippen LogP contribution in [0.4, 0.5) is 14.5 Å². The Labute approximate surface area is 116 Å². The van der Waals surface area contributed by atoms with Gasteiger partial charge in [0.05, 0.1) is 5.56 Å². The van der Waals surface area contributed by atoms with Gasteiger partial charge in [-0.15, -0.1) is 0 Å². The van der Waals surface area contributed by atoms with Crippen LogP contribution in [0.1, 0.15) is 10.4 Å². The molecule has 92 valence electrons. The lowest BCUT2D eigenvalue weighted by atomic mass is 10.2. The molecule has 0 heterocycles. The molecule has 0 aliphatic heterocycles. The molecule has 18 heavy (non-hydrogen) atoms. The predicted molar refractivity (Wildman–Crippen MR) is 73.5 cm³/mol. The summed E-state index contributed by atoms with van der Waals surface area (Å²) in [4.78, 5) is 11.9. The molecule has 2 aromatic carbocycles. The van der Waals surface area contributed by atoms with Crippen molar-refractivity contribution in [2.75, 3.05) is 5.32 Å². The third-order valence-corrected chi connectivity index (χ3v) is 3.24. The number of anilines is 1. The van der Waals surface area contributed by atoms with E-state index in [0.29, 0.717) is 5.56 Å². The van der Waals surface area contributed by atoms with E-state index >= 15 is 0 Å². The highest BCUT2D eigenvalue weighted by Gasteiger charge is 2.10. The van der Waals surface area contributed by atoms with Crippen LogP contribution in [0.5, 0.6) is 0 Å². The van der Waals surface area contributed by atoms with E-state index in [1.54, 1.807) is 18.2 Å². The summed E-state index contributed by atoms with van der Waals surface area (Å²) in [5.41, 5.74) is 0.710. The van der Waals surface area contributed by atoms with Gasteiger partial charge >= 0.3 is 0 Å². The monoisotopic (exact) mass is 359 g/mol. The highest BCUT2D eigenvalue weighted by molar-refractivity contribution is 14.1. The first kappa shape index (κ1) is 12.9. The fourth-order valence-corrected chi connectivity index (χ4v) is 2.05. The first-order valence-corrected chi connectivity index (χ1v) is 6.17. The minimum Gasteiger partial charge on any atom is -0.322 e. The molecule has 2 nitrogen and oxygen atoms in total. The summed E-state index contributed by atoms with van der Waals surface area (Å²) in [7, 11) is 0. The maximum Gasteiger partial charge on any atom is 0.256 e. The van der Waals surface area contributed by atoms with Gasteiger partial charge in [-0.1, -0.05) is 12.1 Å². The summed E-state index contributed by atoms with van der Waals surface area (Å²) in [5.74, 6) is -2.29. The quantitative estimate of drug-likeness (QED) is 0.812. The van der Waals surface area contributed by atoms with Crippen molar-refractivity contribution in [1.29, 1.82) is 0 Å². The number of amides is 1. The minimum absolute atomic E-state index is 0.221. The lowest BCUT2D eigenvalue weighted by Crippen LogP contribution is -2.13. The Morgan fingerprint density at radius 2 is 1.78 bits per heavy atom. The van der Waals surface area contributed by atoms with Gasteiger partial charge in [-0.05, 0) is 46.9 Å². The van der Waals surface area contributed by atoms with Gasteiger partial charge in [0.15, 0.2) is 11.6 Å². The van der Waals surface area contributed by atoms with Gasteiger partial charge in [0.25, 0.3) is 5.91 Å². The second kappa shape index (κ2) is 5.43. The predicted octanol–water partition coefficient (Wildman–Crippen LogP) is 3.82. The molecule has 1 N–H and O–H groups in total. The number of halogens is 3. The van der Waals surface area contributed by atoms with Crippen molar-refractivity contribution in [3.05, 3.63) is 63.2 Å². The molecule has 0 aromatic heterocycles. The van der Waals surface area contributed by atoms with Gasteiger partial charge in [0.1, 0.15) is 0 Å². The van der Waals surface area contributed by atoms with Crippen LogP contribution in [0.2, 0.25) is 0 Å². The zero-order valence-corrected chi connectivity index (χ0v) is 11.2. The minimum atomic E-state index is -0.990. The van der Waals surface area contributed by atoms with Gasteiger partial charge in [0.2, 0.25) is 0 Å². The Bertz CT molecular complexity index is 601. The molecule has 0 aliphatic rings. The molecule has 5 heteroatoms. The van der Waals surface area contributed by atoms with Gasteiger partial charge in [0, 0.05) is 15.3 Å². The summed E-state index contributed by atoms with van der Waals surface area (Å²) in [6, 6.07) is 10.2. The van der Waals surface area contributed by atoms with E-state index in [-0.39, 0.29) is 11.6 Å². The van der Waals surface area contributed by atoms with Gasteiger partial charge in [-0.3, -0.25) is 4.79 Å². The number of hydrogen-bond acceptors (Lipinski definition) is 1. The number of nitrogens with one attached hydrogen (secondary N) is 1. The Balaban J connectivity index is 2.22. The molecule has 0 radical (unpaired) electrons. The molecule has 0 bridgehead atoms. The van der Waals surface area contributed by atoms with E-state index < -0.39 is 11.6 Å². The zero-order chi connectivity index (χ0) is 13.1. The lowest BCUT2D eigenvalue weighted by Gasteiger charge is -2.07. The number of hydrogen-bond donors (Lipinski definition) is 1. The van der Waals surface area contributed by atoms with E-state index in [1.165, 1.54) is 6.07 Å². The van der Waals surface area contributed by atoms with Gasteiger partial charge < -0.3 is 5.32 Å². The number of rotatable bonds is 2. The van der Waals surface area contributed by atoms with Crippen molar-refractivity contribution >= 4 is 34.2 Å². The normalized spacial score (nSPS) is 10.2.